The normalized spacial score (nSPS) is 44.1. The van der Waals surface area contributed by atoms with E-state index in [9.17, 15) is 4.39 Å². The van der Waals surface area contributed by atoms with E-state index < -0.39 is 5.54 Å². The van der Waals surface area contributed by atoms with Gasteiger partial charge >= 0.3 is 0 Å². The Morgan fingerprint density at radius 1 is 2.00 bits per heavy atom. The first-order valence-electron chi connectivity index (χ1n) is 2.71. The molecule has 1 saturated carbocycles. The summed E-state index contributed by atoms with van der Waals surface area (Å²) in [6.45, 7) is 5.07. The molecular formula is C6H10FN. The van der Waals surface area contributed by atoms with Crippen molar-refractivity contribution in [1.29, 1.82) is 0 Å². The molecule has 0 aromatic heterocycles. The maximum absolute atomic E-state index is 12.2. The van der Waals surface area contributed by atoms with Gasteiger partial charge in [-0.25, -0.2) is 4.39 Å². The van der Waals surface area contributed by atoms with Gasteiger partial charge in [0.1, 0.15) is 5.83 Å². The molecule has 0 heterocycles. The molecule has 0 aromatic rings. The van der Waals surface area contributed by atoms with E-state index in [0.29, 0.717) is 5.92 Å². The Balaban J connectivity index is 2.60. The number of hydrogen-bond donors (Lipinski definition) is 1. The fourth-order valence-corrected chi connectivity index (χ4v) is 0.826. The van der Waals surface area contributed by atoms with Crippen LogP contribution in [-0.2, 0) is 0 Å². The highest BCUT2D eigenvalue weighted by Crippen LogP contribution is 2.45. The molecule has 0 spiro atoms. The smallest absolute Gasteiger partial charge is 0.113 e. The van der Waals surface area contributed by atoms with Crippen molar-refractivity contribution in [3.63, 3.8) is 0 Å². The fraction of sp³-hybridized carbons (Fsp3) is 0.667. The molecule has 46 valence electrons. The molecule has 1 aliphatic carbocycles. The molecule has 0 bridgehead atoms. The zero-order valence-electron chi connectivity index (χ0n) is 4.95. The maximum Gasteiger partial charge on any atom is 0.113 e. The van der Waals surface area contributed by atoms with Gasteiger partial charge < -0.3 is 5.73 Å². The van der Waals surface area contributed by atoms with E-state index in [1.54, 1.807) is 0 Å². The van der Waals surface area contributed by atoms with Crippen LogP contribution in [0.3, 0.4) is 0 Å². The molecule has 0 amide bonds. The zero-order valence-corrected chi connectivity index (χ0v) is 4.95. The van der Waals surface area contributed by atoms with Crippen LogP contribution in [0.1, 0.15) is 13.3 Å². The molecule has 1 aliphatic rings. The number of hydrogen-bond acceptors (Lipinski definition) is 1. The van der Waals surface area contributed by atoms with E-state index in [1.807, 2.05) is 6.92 Å². The molecule has 0 aromatic carbocycles. The van der Waals surface area contributed by atoms with Crippen LogP contribution in [0.2, 0.25) is 0 Å². The Kier molecular flexibility index (Phi) is 0.949. The van der Waals surface area contributed by atoms with Gasteiger partial charge in [-0.2, -0.15) is 0 Å². The summed E-state index contributed by atoms with van der Waals surface area (Å²) >= 11 is 0. The second kappa shape index (κ2) is 1.32. The minimum atomic E-state index is -0.653. The van der Waals surface area contributed by atoms with Crippen LogP contribution in [0.15, 0.2) is 12.4 Å². The largest absolute Gasteiger partial charge is 0.319 e. The summed E-state index contributed by atoms with van der Waals surface area (Å²) in [4.78, 5) is 0. The van der Waals surface area contributed by atoms with Crippen molar-refractivity contribution in [2.75, 3.05) is 0 Å². The van der Waals surface area contributed by atoms with Gasteiger partial charge in [-0.3, -0.25) is 0 Å². The molecule has 0 radical (unpaired) electrons. The van der Waals surface area contributed by atoms with Crippen molar-refractivity contribution >= 4 is 0 Å². The van der Waals surface area contributed by atoms with Gasteiger partial charge in [0.2, 0.25) is 0 Å². The SMILES string of the molecule is C=C(F)C1(N)C[C@@H]1C. The number of rotatable bonds is 1. The van der Waals surface area contributed by atoms with Crippen LogP contribution in [0.25, 0.3) is 0 Å². The second-order valence-corrected chi connectivity index (χ2v) is 2.55. The molecule has 2 heteroatoms. The van der Waals surface area contributed by atoms with Crippen LogP contribution in [0.5, 0.6) is 0 Å². The molecule has 1 nitrogen and oxygen atoms in total. The highest BCUT2D eigenvalue weighted by molar-refractivity contribution is 5.22. The van der Waals surface area contributed by atoms with Gasteiger partial charge in [0, 0.05) is 0 Å². The Hall–Kier alpha value is -0.370. The lowest BCUT2D eigenvalue weighted by Crippen LogP contribution is -2.24. The number of nitrogens with two attached hydrogens (primary N) is 1. The van der Waals surface area contributed by atoms with Crippen LogP contribution in [0, 0.1) is 5.92 Å². The summed E-state index contributed by atoms with van der Waals surface area (Å²) < 4.78 is 12.2. The van der Waals surface area contributed by atoms with Crippen LogP contribution in [-0.4, -0.2) is 5.54 Å². The van der Waals surface area contributed by atoms with E-state index in [2.05, 4.69) is 6.58 Å². The zero-order chi connectivity index (χ0) is 6.36. The molecule has 0 saturated heterocycles. The van der Waals surface area contributed by atoms with Crippen molar-refractivity contribution in [2.24, 2.45) is 11.7 Å². The molecule has 8 heavy (non-hydrogen) atoms. The molecular weight excluding hydrogens is 105 g/mol. The molecule has 2 atom stereocenters. The van der Waals surface area contributed by atoms with Crippen molar-refractivity contribution in [3.05, 3.63) is 12.4 Å². The Bertz CT molecular complexity index is 132. The Morgan fingerprint density at radius 2 is 2.38 bits per heavy atom. The summed E-state index contributed by atoms with van der Waals surface area (Å²) in [6, 6.07) is 0. The van der Waals surface area contributed by atoms with Crippen molar-refractivity contribution in [3.8, 4) is 0 Å². The molecule has 1 fully saturated rings. The second-order valence-electron chi connectivity index (χ2n) is 2.55. The third-order valence-corrected chi connectivity index (χ3v) is 1.87. The Morgan fingerprint density at radius 3 is 2.38 bits per heavy atom. The van der Waals surface area contributed by atoms with Gasteiger partial charge in [0.05, 0.1) is 5.54 Å². The third-order valence-electron chi connectivity index (χ3n) is 1.87. The van der Waals surface area contributed by atoms with Crippen LogP contribution >= 0.6 is 0 Å². The van der Waals surface area contributed by atoms with Crippen molar-refractivity contribution in [1.82, 2.24) is 0 Å². The summed E-state index contributed by atoms with van der Waals surface area (Å²) in [5.74, 6) is -0.0787. The van der Waals surface area contributed by atoms with E-state index in [4.69, 9.17) is 5.73 Å². The van der Waals surface area contributed by atoms with Gasteiger partial charge in [0.15, 0.2) is 0 Å². The molecule has 1 rings (SSSR count). The van der Waals surface area contributed by atoms with Gasteiger partial charge in [-0.05, 0) is 12.3 Å². The average molecular weight is 115 g/mol. The van der Waals surface area contributed by atoms with Gasteiger partial charge in [-0.15, -0.1) is 0 Å². The Labute approximate surface area is 48.4 Å². The van der Waals surface area contributed by atoms with E-state index in [1.165, 1.54) is 0 Å². The average Bonchev–Trinajstić information content (AvgIpc) is 2.17. The first-order chi connectivity index (χ1) is 3.57. The van der Waals surface area contributed by atoms with Gasteiger partial charge in [0.25, 0.3) is 0 Å². The van der Waals surface area contributed by atoms with E-state index >= 15 is 0 Å². The monoisotopic (exact) mass is 115 g/mol. The summed E-state index contributed by atoms with van der Waals surface area (Å²) in [6.07, 6.45) is 0.752. The predicted molar refractivity (Wildman–Crippen MR) is 30.9 cm³/mol. The van der Waals surface area contributed by atoms with Crippen LogP contribution in [0.4, 0.5) is 4.39 Å². The lowest BCUT2D eigenvalue weighted by molar-refractivity contribution is 0.515. The lowest BCUT2D eigenvalue weighted by atomic mass is 10.2. The highest BCUT2D eigenvalue weighted by atomic mass is 19.1. The standard InChI is InChI=1S/C6H10FN/c1-4-3-6(4,8)5(2)7/h4H,2-3,8H2,1H3/t4-,6?/m0/s1. The first kappa shape index (κ1) is 5.76. The summed E-state index contributed by atoms with van der Waals surface area (Å²) in [7, 11) is 0. The maximum atomic E-state index is 12.2. The highest BCUT2D eigenvalue weighted by Gasteiger charge is 2.50. The molecule has 2 N–H and O–H groups in total. The lowest BCUT2D eigenvalue weighted by Gasteiger charge is -2.02. The number of halogens is 1. The summed E-state index contributed by atoms with van der Waals surface area (Å²) in [5.41, 5.74) is 4.81. The van der Waals surface area contributed by atoms with Gasteiger partial charge in [-0.1, -0.05) is 13.5 Å². The van der Waals surface area contributed by atoms with E-state index in [0.717, 1.165) is 6.42 Å². The molecule has 0 aliphatic heterocycles. The molecule has 1 unspecified atom stereocenters. The topological polar surface area (TPSA) is 26.0 Å². The van der Waals surface area contributed by atoms with Crippen molar-refractivity contribution in [2.45, 2.75) is 18.9 Å². The fourth-order valence-electron chi connectivity index (χ4n) is 0.826. The predicted octanol–water partition coefficient (Wildman–Crippen LogP) is 1.21. The quantitative estimate of drug-likeness (QED) is 0.546. The minimum absolute atomic E-state index is 0.292. The minimum Gasteiger partial charge on any atom is -0.319 e. The summed E-state index contributed by atoms with van der Waals surface area (Å²) in [5, 5.41) is 0. The van der Waals surface area contributed by atoms with E-state index in [-0.39, 0.29) is 5.83 Å². The first-order valence-corrected chi connectivity index (χ1v) is 2.71. The van der Waals surface area contributed by atoms with Crippen molar-refractivity contribution < 1.29 is 4.39 Å². The third kappa shape index (κ3) is 0.564. The van der Waals surface area contributed by atoms with Crippen LogP contribution < -0.4 is 5.73 Å².